The van der Waals surface area contributed by atoms with Crippen molar-refractivity contribution in [2.75, 3.05) is 13.1 Å². The second-order valence-electron chi connectivity index (χ2n) is 7.91. The molecule has 6 heteroatoms. The van der Waals surface area contributed by atoms with Crippen LogP contribution in [0.25, 0.3) is 0 Å². The summed E-state index contributed by atoms with van der Waals surface area (Å²) >= 11 is 0. The minimum atomic E-state index is -0.784. The van der Waals surface area contributed by atoms with Crippen molar-refractivity contribution < 1.29 is 14.4 Å². The normalized spacial score (nSPS) is 25.6. The molecule has 0 radical (unpaired) electrons. The lowest BCUT2D eigenvalue weighted by atomic mass is 9.73. The Morgan fingerprint density at radius 2 is 1.85 bits per heavy atom. The number of unbranched alkanes of at least 4 members (excludes halogenated alkanes) is 6. The standard InChI is InChI=1S/C20H35N3O3/c1-3-4-5-6-7-8-11-14-21-17(24)15-23-18(25)20(22-19(23)26)13-10-9-12-16(20)2/h16H,3-15H2,1-2H3,(H,21,24)(H,22,26). The van der Waals surface area contributed by atoms with E-state index in [-0.39, 0.29) is 24.3 Å². The molecule has 6 nitrogen and oxygen atoms in total. The van der Waals surface area contributed by atoms with Crippen molar-refractivity contribution in [1.82, 2.24) is 15.5 Å². The lowest BCUT2D eigenvalue weighted by Crippen LogP contribution is -2.54. The number of rotatable bonds is 10. The van der Waals surface area contributed by atoms with Crippen LogP contribution in [0.15, 0.2) is 0 Å². The lowest BCUT2D eigenvalue weighted by Gasteiger charge is -2.36. The molecule has 2 unspecified atom stereocenters. The Morgan fingerprint density at radius 1 is 1.15 bits per heavy atom. The van der Waals surface area contributed by atoms with Crippen LogP contribution in [-0.4, -0.2) is 41.4 Å². The van der Waals surface area contributed by atoms with Crippen molar-refractivity contribution in [3.63, 3.8) is 0 Å². The van der Waals surface area contributed by atoms with Crippen molar-refractivity contribution >= 4 is 17.8 Å². The smallest absolute Gasteiger partial charge is 0.325 e. The molecular weight excluding hydrogens is 330 g/mol. The van der Waals surface area contributed by atoms with Gasteiger partial charge in [-0.05, 0) is 25.2 Å². The highest BCUT2D eigenvalue weighted by molar-refractivity contribution is 6.09. The number of imide groups is 1. The molecule has 2 rings (SSSR count). The van der Waals surface area contributed by atoms with Gasteiger partial charge in [0.05, 0.1) is 0 Å². The van der Waals surface area contributed by atoms with Crippen LogP contribution in [0.1, 0.15) is 84.5 Å². The van der Waals surface area contributed by atoms with Crippen LogP contribution < -0.4 is 10.6 Å². The Hall–Kier alpha value is -1.59. The molecule has 1 saturated carbocycles. The van der Waals surface area contributed by atoms with Gasteiger partial charge >= 0.3 is 6.03 Å². The third kappa shape index (κ3) is 4.98. The van der Waals surface area contributed by atoms with Crippen LogP contribution >= 0.6 is 0 Å². The Labute approximate surface area is 157 Å². The number of hydrogen-bond donors (Lipinski definition) is 2. The summed E-state index contributed by atoms with van der Waals surface area (Å²) < 4.78 is 0. The number of carbonyl (C=O) groups is 3. The van der Waals surface area contributed by atoms with Gasteiger partial charge in [0.25, 0.3) is 5.91 Å². The van der Waals surface area contributed by atoms with Gasteiger partial charge in [-0.1, -0.05) is 65.2 Å². The van der Waals surface area contributed by atoms with Gasteiger partial charge in [-0.3, -0.25) is 14.5 Å². The Balaban J connectivity index is 1.70. The predicted molar refractivity (Wildman–Crippen MR) is 102 cm³/mol. The highest BCUT2D eigenvalue weighted by Gasteiger charge is 2.55. The van der Waals surface area contributed by atoms with Crippen LogP contribution in [0.4, 0.5) is 4.79 Å². The van der Waals surface area contributed by atoms with Gasteiger partial charge in [0.1, 0.15) is 12.1 Å². The monoisotopic (exact) mass is 365 g/mol. The molecule has 0 bridgehead atoms. The number of carbonyl (C=O) groups excluding carboxylic acids is 3. The van der Waals surface area contributed by atoms with E-state index in [0.29, 0.717) is 13.0 Å². The number of nitrogens with zero attached hydrogens (tertiary/aromatic N) is 1. The third-order valence-corrected chi connectivity index (χ3v) is 5.91. The highest BCUT2D eigenvalue weighted by Crippen LogP contribution is 2.38. The van der Waals surface area contributed by atoms with Gasteiger partial charge in [-0.25, -0.2) is 4.79 Å². The van der Waals surface area contributed by atoms with E-state index in [0.717, 1.165) is 37.0 Å². The number of urea groups is 1. The average molecular weight is 366 g/mol. The van der Waals surface area contributed by atoms with Crippen molar-refractivity contribution in [3.05, 3.63) is 0 Å². The average Bonchev–Trinajstić information content (AvgIpc) is 2.85. The fraction of sp³-hybridized carbons (Fsp3) is 0.850. The van der Waals surface area contributed by atoms with Crippen LogP contribution in [-0.2, 0) is 9.59 Å². The van der Waals surface area contributed by atoms with Crippen LogP contribution in [0.2, 0.25) is 0 Å². The SMILES string of the molecule is CCCCCCCCCNC(=O)CN1C(=O)NC2(CCCCC2C)C1=O. The molecule has 2 N–H and O–H groups in total. The first-order valence-electron chi connectivity index (χ1n) is 10.4. The highest BCUT2D eigenvalue weighted by atomic mass is 16.2. The van der Waals surface area contributed by atoms with Crippen molar-refractivity contribution in [3.8, 4) is 0 Å². The molecule has 0 aromatic carbocycles. The van der Waals surface area contributed by atoms with Gasteiger partial charge in [-0.15, -0.1) is 0 Å². The van der Waals surface area contributed by atoms with E-state index in [1.807, 2.05) is 6.92 Å². The molecule has 1 aliphatic heterocycles. The number of hydrogen-bond acceptors (Lipinski definition) is 3. The Morgan fingerprint density at radius 3 is 2.54 bits per heavy atom. The molecule has 1 spiro atoms. The van der Waals surface area contributed by atoms with Crippen LogP contribution in [0.3, 0.4) is 0 Å². The molecule has 26 heavy (non-hydrogen) atoms. The number of nitrogens with one attached hydrogen (secondary N) is 2. The summed E-state index contributed by atoms with van der Waals surface area (Å²) in [6.45, 7) is 4.66. The minimum Gasteiger partial charge on any atom is -0.355 e. The maximum atomic E-state index is 12.8. The molecule has 1 aliphatic carbocycles. The molecular formula is C20H35N3O3. The summed E-state index contributed by atoms with van der Waals surface area (Å²) in [4.78, 5) is 38.3. The fourth-order valence-electron chi connectivity index (χ4n) is 4.15. The van der Waals surface area contributed by atoms with E-state index in [1.165, 1.54) is 32.1 Å². The zero-order chi connectivity index (χ0) is 19.0. The molecule has 0 aromatic heterocycles. The second kappa shape index (κ2) is 9.93. The first-order valence-corrected chi connectivity index (χ1v) is 10.4. The largest absolute Gasteiger partial charge is 0.355 e. The van der Waals surface area contributed by atoms with Gasteiger partial charge in [0.15, 0.2) is 0 Å². The lowest BCUT2D eigenvalue weighted by molar-refractivity contribution is -0.137. The van der Waals surface area contributed by atoms with Crippen LogP contribution in [0.5, 0.6) is 0 Å². The summed E-state index contributed by atoms with van der Waals surface area (Å²) in [7, 11) is 0. The zero-order valence-corrected chi connectivity index (χ0v) is 16.4. The van der Waals surface area contributed by atoms with E-state index in [4.69, 9.17) is 0 Å². The molecule has 1 saturated heterocycles. The van der Waals surface area contributed by atoms with Gasteiger partial charge in [-0.2, -0.15) is 0 Å². The maximum absolute atomic E-state index is 12.8. The Kier molecular flexibility index (Phi) is 7.91. The molecule has 2 aliphatic rings. The molecule has 0 aromatic rings. The van der Waals surface area contributed by atoms with E-state index in [2.05, 4.69) is 17.6 Å². The molecule has 148 valence electrons. The maximum Gasteiger partial charge on any atom is 0.325 e. The minimum absolute atomic E-state index is 0.119. The summed E-state index contributed by atoms with van der Waals surface area (Å²) in [6.07, 6.45) is 12.0. The summed E-state index contributed by atoms with van der Waals surface area (Å²) in [6, 6.07) is -0.421. The number of amides is 4. The summed E-state index contributed by atoms with van der Waals surface area (Å²) in [5.41, 5.74) is -0.784. The van der Waals surface area contributed by atoms with E-state index >= 15 is 0 Å². The zero-order valence-electron chi connectivity index (χ0n) is 16.4. The Bertz CT molecular complexity index is 509. The molecule has 4 amide bonds. The first kappa shape index (κ1) is 20.7. The van der Waals surface area contributed by atoms with E-state index in [9.17, 15) is 14.4 Å². The fourth-order valence-corrected chi connectivity index (χ4v) is 4.15. The van der Waals surface area contributed by atoms with E-state index in [1.54, 1.807) is 0 Å². The predicted octanol–water partition coefficient (Wildman–Crippen LogP) is 3.35. The van der Waals surface area contributed by atoms with Crippen molar-refractivity contribution in [2.24, 2.45) is 5.92 Å². The van der Waals surface area contributed by atoms with Crippen molar-refractivity contribution in [1.29, 1.82) is 0 Å². The third-order valence-electron chi connectivity index (χ3n) is 5.91. The van der Waals surface area contributed by atoms with Gasteiger partial charge < -0.3 is 10.6 Å². The van der Waals surface area contributed by atoms with E-state index < -0.39 is 11.6 Å². The summed E-state index contributed by atoms with van der Waals surface area (Å²) in [5, 5.41) is 5.72. The summed E-state index contributed by atoms with van der Waals surface area (Å²) in [5.74, 6) is -0.353. The van der Waals surface area contributed by atoms with Gasteiger partial charge in [0, 0.05) is 6.54 Å². The van der Waals surface area contributed by atoms with Crippen LogP contribution in [0, 0.1) is 5.92 Å². The quantitative estimate of drug-likeness (QED) is 0.460. The first-order chi connectivity index (χ1) is 12.5. The molecule has 2 fully saturated rings. The molecule has 1 heterocycles. The topological polar surface area (TPSA) is 78.5 Å². The second-order valence-corrected chi connectivity index (χ2v) is 7.91. The van der Waals surface area contributed by atoms with Gasteiger partial charge in [0.2, 0.25) is 5.91 Å². The molecule has 2 atom stereocenters. The van der Waals surface area contributed by atoms with Crippen molar-refractivity contribution in [2.45, 2.75) is 90.0 Å².